The molecule has 10 nitrogen and oxygen atoms in total. The lowest BCUT2D eigenvalue weighted by atomic mass is 10.0. The zero-order chi connectivity index (χ0) is 25.0. The molecule has 2 aliphatic rings. The minimum atomic E-state index is 0.526. The van der Waals surface area contributed by atoms with Gasteiger partial charge in [0.15, 0.2) is 0 Å². The number of aryl methyl sites for hydroxylation is 1. The molecule has 2 saturated heterocycles. The van der Waals surface area contributed by atoms with Gasteiger partial charge >= 0.3 is 0 Å². The molecule has 0 aromatic carbocycles. The summed E-state index contributed by atoms with van der Waals surface area (Å²) >= 11 is 0. The van der Waals surface area contributed by atoms with Gasteiger partial charge in [0.05, 0.1) is 13.2 Å². The van der Waals surface area contributed by atoms with E-state index in [2.05, 4.69) is 37.3 Å². The Bertz CT molecular complexity index is 1340. The first kappa shape index (κ1) is 23.6. The van der Waals surface area contributed by atoms with Crippen LogP contribution in [-0.2, 0) is 11.2 Å². The first-order chi connectivity index (χ1) is 18.2. The first-order valence-electron chi connectivity index (χ1n) is 13.1. The highest BCUT2D eigenvalue weighted by atomic mass is 16.5. The average Bonchev–Trinajstić information content (AvgIpc) is 3.42. The number of aromatic nitrogens is 5. The number of anilines is 5. The van der Waals surface area contributed by atoms with Gasteiger partial charge in [0.25, 0.3) is 0 Å². The van der Waals surface area contributed by atoms with Crippen LogP contribution in [0.2, 0.25) is 0 Å². The number of morpholine rings is 1. The van der Waals surface area contributed by atoms with Crippen molar-refractivity contribution in [1.29, 1.82) is 0 Å². The molecule has 0 aliphatic carbocycles. The third-order valence-electron chi connectivity index (χ3n) is 7.21. The number of hydrogen-bond acceptors (Lipinski definition) is 9. The zero-order valence-electron chi connectivity index (χ0n) is 21.2. The maximum Gasteiger partial charge on any atom is 0.232 e. The Hall–Kier alpha value is -3.76. The molecule has 0 unspecified atom stereocenters. The smallest absolute Gasteiger partial charge is 0.232 e. The lowest BCUT2D eigenvalue weighted by molar-refractivity contribution is 0.0115. The van der Waals surface area contributed by atoms with Gasteiger partial charge in [-0.05, 0) is 43.0 Å². The van der Waals surface area contributed by atoms with Crippen LogP contribution in [0.25, 0.3) is 5.65 Å². The SMILES string of the molecule is CCc1ccnc(Nc2nc(Nc3ccn4ccnc4c3)cc(N3CCC(N4CCOCC4)CC3)n2)c1. The molecule has 0 radical (unpaired) electrons. The summed E-state index contributed by atoms with van der Waals surface area (Å²) in [4.78, 5) is 23.5. The number of pyridine rings is 2. The molecule has 2 fully saturated rings. The fourth-order valence-electron chi connectivity index (χ4n) is 5.13. The Labute approximate surface area is 216 Å². The number of fused-ring (bicyclic) bond motifs is 1. The summed E-state index contributed by atoms with van der Waals surface area (Å²) in [5, 5.41) is 6.79. The maximum atomic E-state index is 5.55. The highest BCUT2D eigenvalue weighted by Crippen LogP contribution is 2.27. The summed E-state index contributed by atoms with van der Waals surface area (Å²) < 4.78 is 7.53. The van der Waals surface area contributed by atoms with Crippen LogP contribution in [0.4, 0.5) is 29.1 Å². The topological polar surface area (TPSA) is 95.7 Å². The summed E-state index contributed by atoms with van der Waals surface area (Å²) in [5.41, 5.74) is 3.01. The van der Waals surface area contributed by atoms with E-state index in [9.17, 15) is 0 Å². The molecule has 6 rings (SSSR count). The number of ether oxygens (including phenoxy) is 1. The maximum absolute atomic E-state index is 5.55. The fourth-order valence-corrected chi connectivity index (χ4v) is 5.13. The quantitative estimate of drug-likeness (QED) is 0.393. The van der Waals surface area contributed by atoms with Crippen LogP contribution in [0.1, 0.15) is 25.3 Å². The van der Waals surface area contributed by atoms with E-state index in [-0.39, 0.29) is 0 Å². The van der Waals surface area contributed by atoms with Gasteiger partial charge < -0.3 is 24.7 Å². The fraction of sp³-hybridized carbons (Fsp3) is 0.407. The van der Waals surface area contributed by atoms with E-state index < -0.39 is 0 Å². The van der Waals surface area contributed by atoms with Crippen molar-refractivity contribution in [2.75, 3.05) is 54.9 Å². The van der Waals surface area contributed by atoms with Crippen LogP contribution in [0.5, 0.6) is 0 Å². The number of piperidine rings is 1. The molecule has 37 heavy (non-hydrogen) atoms. The summed E-state index contributed by atoms with van der Waals surface area (Å²) in [6.07, 6.45) is 10.7. The summed E-state index contributed by atoms with van der Waals surface area (Å²) in [5.74, 6) is 2.91. The number of rotatable bonds is 7. The first-order valence-corrected chi connectivity index (χ1v) is 13.1. The molecule has 0 spiro atoms. The highest BCUT2D eigenvalue weighted by molar-refractivity contribution is 5.65. The molecule has 0 amide bonds. The second-order valence-electron chi connectivity index (χ2n) is 9.56. The van der Waals surface area contributed by atoms with E-state index in [4.69, 9.17) is 14.7 Å². The molecule has 0 bridgehead atoms. The molecule has 2 aliphatic heterocycles. The zero-order valence-corrected chi connectivity index (χ0v) is 21.2. The van der Waals surface area contributed by atoms with Crippen molar-refractivity contribution < 1.29 is 4.74 Å². The van der Waals surface area contributed by atoms with E-state index in [1.54, 1.807) is 6.20 Å². The molecule has 0 atom stereocenters. The number of hydrogen-bond donors (Lipinski definition) is 2. The largest absolute Gasteiger partial charge is 0.379 e. The van der Waals surface area contributed by atoms with Crippen molar-refractivity contribution >= 4 is 34.7 Å². The van der Waals surface area contributed by atoms with Gasteiger partial charge in [0, 0.05) is 74.8 Å². The number of nitrogens with zero attached hydrogens (tertiary/aromatic N) is 7. The van der Waals surface area contributed by atoms with Crippen molar-refractivity contribution in [1.82, 2.24) is 29.2 Å². The van der Waals surface area contributed by atoms with Gasteiger partial charge in [-0.3, -0.25) is 4.90 Å². The van der Waals surface area contributed by atoms with Crippen LogP contribution in [0.15, 0.2) is 55.1 Å². The van der Waals surface area contributed by atoms with Crippen LogP contribution >= 0.6 is 0 Å². The minimum Gasteiger partial charge on any atom is -0.379 e. The van der Waals surface area contributed by atoms with Gasteiger partial charge in [0.1, 0.15) is 23.1 Å². The normalized spacial score (nSPS) is 17.3. The number of imidazole rings is 1. The Morgan fingerprint density at radius 1 is 0.892 bits per heavy atom. The van der Waals surface area contributed by atoms with E-state index in [0.717, 1.165) is 87.4 Å². The van der Waals surface area contributed by atoms with Gasteiger partial charge in [-0.2, -0.15) is 9.97 Å². The predicted molar refractivity (Wildman–Crippen MR) is 145 cm³/mol. The lowest BCUT2D eigenvalue weighted by Crippen LogP contribution is -2.49. The lowest BCUT2D eigenvalue weighted by Gasteiger charge is -2.40. The summed E-state index contributed by atoms with van der Waals surface area (Å²) in [6.45, 7) is 7.80. The molecule has 10 heteroatoms. The molecule has 6 heterocycles. The Balaban J connectivity index is 1.25. The summed E-state index contributed by atoms with van der Waals surface area (Å²) in [6, 6.07) is 10.7. The van der Waals surface area contributed by atoms with Crippen molar-refractivity contribution in [3.05, 3.63) is 60.7 Å². The third kappa shape index (κ3) is 5.50. The van der Waals surface area contributed by atoms with Crippen molar-refractivity contribution in [3.63, 3.8) is 0 Å². The monoisotopic (exact) mass is 499 g/mol. The highest BCUT2D eigenvalue weighted by Gasteiger charge is 2.27. The van der Waals surface area contributed by atoms with Gasteiger partial charge in [-0.15, -0.1) is 0 Å². The Morgan fingerprint density at radius 2 is 1.76 bits per heavy atom. The minimum absolute atomic E-state index is 0.526. The third-order valence-corrected chi connectivity index (χ3v) is 7.21. The van der Waals surface area contributed by atoms with Crippen LogP contribution < -0.4 is 15.5 Å². The average molecular weight is 500 g/mol. The van der Waals surface area contributed by atoms with E-state index in [1.165, 1.54) is 5.56 Å². The molecule has 4 aromatic heterocycles. The molecule has 4 aromatic rings. The molecule has 0 saturated carbocycles. The Morgan fingerprint density at radius 3 is 2.59 bits per heavy atom. The second kappa shape index (κ2) is 10.7. The van der Waals surface area contributed by atoms with E-state index in [1.807, 2.05) is 53.3 Å². The van der Waals surface area contributed by atoms with Gasteiger partial charge in [0.2, 0.25) is 5.95 Å². The van der Waals surface area contributed by atoms with Crippen LogP contribution in [0.3, 0.4) is 0 Å². The number of nitrogens with one attached hydrogen (secondary N) is 2. The predicted octanol–water partition coefficient (Wildman–Crippen LogP) is 3.87. The van der Waals surface area contributed by atoms with Crippen molar-refractivity contribution in [2.24, 2.45) is 0 Å². The van der Waals surface area contributed by atoms with Crippen molar-refractivity contribution in [3.8, 4) is 0 Å². The van der Waals surface area contributed by atoms with Crippen molar-refractivity contribution in [2.45, 2.75) is 32.2 Å². The van der Waals surface area contributed by atoms with Gasteiger partial charge in [-0.25, -0.2) is 9.97 Å². The second-order valence-corrected chi connectivity index (χ2v) is 9.56. The molecule has 2 N–H and O–H groups in total. The Kier molecular flexibility index (Phi) is 6.83. The summed E-state index contributed by atoms with van der Waals surface area (Å²) in [7, 11) is 0. The van der Waals surface area contributed by atoms with E-state index >= 15 is 0 Å². The molecular formula is C27H33N9O. The van der Waals surface area contributed by atoms with E-state index in [0.29, 0.717) is 12.0 Å². The molecule has 192 valence electrons. The van der Waals surface area contributed by atoms with Gasteiger partial charge in [-0.1, -0.05) is 6.92 Å². The van der Waals surface area contributed by atoms with Crippen LogP contribution in [-0.4, -0.2) is 74.7 Å². The van der Waals surface area contributed by atoms with Crippen LogP contribution in [0, 0.1) is 0 Å². The standard InChI is InChI=1S/C27H33N9O/c1-2-20-3-7-28-23(17-20)31-27-32-24(30-21-4-9-36-12-8-29-25(36)18-21)19-26(33-27)35-10-5-22(6-11-35)34-13-15-37-16-14-34/h3-4,7-9,12,17-19,22H,2,5-6,10-11,13-16H2,1H3,(H2,28,30,31,32,33). The molecular weight excluding hydrogens is 466 g/mol.